The standard InChI is InChI=1S/C13H15BrClN3O2/c1-16-12(19)11-7-17-4-5-18(11)13(20)8-2-3-10(15)9(14)6-8/h2-3,6,11,17H,4-5,7H2,1H3,(H,16,19). The van der Waals surface area contributed by atoms with Crippen molar-refractivity contribution in [1.29, 1.82) is 0 Å². The van der Waals surface area contributed by atoms with Crippen LogP contribution in [0, 0.1) is 0 Å². The molecule has 0 aliphatic carbocycles. The zero-order valence-electron chi connectivity index (χ0n) is 11.0. The Morgan fingerprint density at radius 1 is 1.50 bits per heavy atom. The molecule has 0 saturated carbocycles. The Hall–Kier alpha value is -1.11. The number of hydrogen-bond acceptors (Lipinski definition) is 3. The first kappa shape index (κ1) is 15.3. The van der Waals surface area contributed by atoms with E-state index >= 15 is 0 Å². The fourth-order valence-electron chi connectivity index (χ4n) is 2.14. The molecule has 0 spiro atoms. The Labute approximate surface area is 130 Å². The van der Waals surface area contributed by atoms with E-state index in [4.69, 9.17) is 11.6 Å². The molecule has 1 atom stereocenters. The molecule has 20 heavy (non-hydrogen) atoms. The minimum absolute atomic E-state index is 0.168. The molecule has 1 saturated heterocycles. The number of hydrogen-bond donors (Lipinski definition) is 2. The van der Waals surface area contributed by atoms with Crippen molar-refractivity contribution < 1.29 is 9.59 Å². The molecule has 2 N–H and O–H groups in total. The quantitative estimate of drug-likeness (QED) is 0.835. The van der Waals surface area contributed by atoms with Crippen LogP contribution in [0.2, 0.25) is 5.02 Å². The van der Waals surface area contributed by atoms with Gasteiger partial charge in [0.15, 0.2) is 0 Å². The molecule has 7 heteroatoms. The predicted octanol–water partition coefficient (Wildman–Crippen LogP) is 1.26. The maximum Gasteiger partial charge on any atom is 0.254 e. The Balaban J connectivity index is 2.25. The Bertz CT molecular complexity index is 538. The number of likely N-dealkylation sites (N-methyl/N-ethyl adjacent to an activating group) is 1. The van der Waals surface area contributed by atoms with Crippen molar-refractivity contribution in [2.45, 2.75) is 6.04 Å². The summed E-state index contributed by atoms with van der Waals surface area (Å²) in [6, 6.07) is 4.51. The molecular formula is C13H15BrClN3O2. The summed E-state index contributed by atoms with van der Waals surface area (Å²) in [5, 5.41) is 6.26. The first-order valence-corrected chi connectivity index (χ1v) is 7.40. The summed E-state index contributed by atoms with van der Waals surface area (Å²) in [7, 11) is 1.57. The second kappa shape index (κ2) is 6.56. The molecule has 0 radical (unpaired) electrons. The zero-order chi connectivity index (χ0) is 14.7. The Kier molecular flexibility index (Phi) is 5.01. The van der Waals surface area contributed by atoms with Gasteiger partial charge in [-0.15, -0.1) is 0 Å². The lowest BCUT2D eigenvalue weighted by Crippen LogP contribution is -2.59. The van der Waals surface area contributed by atoms with Crippen LogP contribution in [0.4, 0.5) is 0 Å². The number of benzene rings is 1. The normalized spacial score (nSPS) is 18.8. The van der Waals surface area contributed by atoms with Gasteiger partial charge < -0.3 is 15.5 Å². The van der Waals surface area contributed by atoms with Gasteiger partial charge in [0.25, 0.3) is 5.91 Å². The van der Waals surface area contributed by atoms with Gasteiger partial charge in [-0.3, -0.25) is 9.59 Å². The second-order valence-electron chi connectivity index (χ2n) is 4.46. The van der Waals surface area contributed by atoms with Gasteiger partial charge in [0.05, 0.1) is 5.02 Å². The van der Waals surface area contributed by atoms with Gasteiger partial charge in [-0.2, -0.15) is 0 Å². The second-order valence-corrected chi connectivity index (χ2v) is 5.72. The summed E-state index contributed by atoms with van der Waals surface area (Å²) in [5.74, 6) is -0.337. The molecule has 2 rings (SSSR count). The molecule has 1 aliphatic heterocycles. The van der Waals surface area contributed by atoms with E-state index in [1.165, 1.54) is 0 Å². The third-order valence-electron chi connectivity index (χ3n) is 3.22. The lowest BCUT2D eigenvalue weighted by molar-refractivity contribution is -0.125. The SMILES string of the molecule is CNC(=O)C1CNCCN1C(=O)c1ccc(Cl)c(Br)c1. The van der Waals surface area contributed by atoms with Crippen molar-refractivity contribution in [3.05, 3.63) is 33.3 Å². The molecule has 1 aromatic rings. The molecule has 5 nitrogen and oxygen atoms in total. The number of piperazine rings is 1. The van der Waals surface area contributed by atoms with Crippen LogP contribution in [0.5, 0.6) is 0 Å². The van der Waals surface area contributed by atoms with Crippen molar-refractivity contribution >= 4 is 39.3 Å². The summed E-state index contributed by atoms with van der Waals surface area (Å²) in [6.07, 6.45) is 0. The third-order valence-corrected chi connectivity index (χ3v) is 4.43. The van der Waals surface area contributed by atoms with Gasteiger partial charge in [-0.05, 0) is 34.1 Å². The van der Waals surface area contributed by atoms with Gasteiger partial charge in [0, 0.05) is 36.7 Å². The highest BCUT2D eigenvalue weighted by atomic mass is 79.9. The first-order valence-electron chi connectivity index (χ1n) is 6.23. The van der Waals surface area contributed by atoms with E-state index in [2.05, 4.69) is 26.6 Å². The smallest absolute Gasteiger partial charge is 0.254 e. The fourth-order valence-corrected chi connectivity index (χ4v) is 2.64. The number of carbonyl (C=O) groups excluding carboxylic acids is 2. The van der Waals surface area contributed by atoms with Crippen molar-refractivity contribution in [2.75, 3.05) is 26.7 Å². The van der Waals surface area contributed by atoms with Crippen LogP contribution in [0.15, 0.2) is 22.7 Å². The van der Waals surface area contributed by atoms with Crippen molar-refractivity contribution in [3.63, 3.8) is 0 Å². The van der Waals surface area contributed by atoms with Crippen molar-refractivity contribution in [3.8, 4) is 0 Å². The van der Waals surface area contributed by atoms with E-state index in [1.807, 2.05) is 0 Å². The van der Waals surface area contributed by atoms with E-state index < -0.39 is 6.04 Å². The molecule has 1 aromatic carbocycles. The maximum absolute atomic E-state index is 12.5. The first-order chi connectivity index (χ1) is 9.54. The summed E-state index contributed by atoms with van der Waals surface area (Å²) in [6.45, 7) is 1.63. The molecule has 0 bridgehead atoms. The summed E-state index contributed by atoms with van der Waals surface area (Å²) in [5.41, 5.74) is 0.511. The van der Waals surface area contributed by atoms with Gasteiger partial charge in [-0.25, -0.2) is 0 Å². The summed E-state index contributed by atoms with van der Waals surface area (Å²) < 4.78 is 0.664. The van der Waals surface area contributed by atoms with Crippen LogP contribution in [0.25, 0.3) is 0 Å². The molecular weight excluding hydrogens is 346 g/mol. The maximum atomic E-state index is 12.5. The topological polar surface area (TPSA) is 61.4 Å². The van der Waals surface area contributed by atoms with E-state index in [1.54, 1.807) is 30.1 Å². The number of halogens is 2. The highest BCUT2D eigenvalue weighted by Gasteiger charge is 2.32. The van der Waals surface area contributed by atoms with Crippen molar-refractivity contribution in [2.24, 2.45) is 0 Å². The number of nitrogens with zero attached hydrogens (tertiary/aromatic N) is 1. The average Bonchev–Trinajstić information content (AvgIpc) is 2.48. The largest absolute Gasteiger partial charge is 0.357 e. The van der Waals surface area contributed by atoms with Crippen LogP contribution >= 0.6 is 27.5 Å². The number of carbonyl (C=O) groups is 2. The minimum atomic E-state index is -0.490. The van der Waals surface area contributed by atoms with Crippen LogP contribution < -0.4 is 10.6 Å². The lowest BCUT2D eigenvalue weighted by Gasteiger charge is -2.35. The lowest BCUT2D eigenvalue weighted by atomic mass is 10.1. The fraction of sp³-hybridized carbons (Fsp3) is 0.385. The Morgan fingerprint density at radius 2 is 2.25 bits per heavy atom. The zero-order valence-corrected chi connectivity index (χ0v) is 13.3. The predicted molar refractivity (Wildman–Crippen MR) is 80.9 cm³/mol. The van der Waals surface area contributed by atoms with Gasteiger partial charge >= 0.3 is 0 Å². The van der Waals surface area contributed by atoms with E-state index in [0.717, 1.165) is 0 Å². The van der Waals surface area contributed by atoms with E-state index in [9.17, 15) is 9.59 Å². The van der Waals surface area contributed by atoms with E-state index in [0.29, 0.717) is 34.7 Å². The monoisotopic (exact) mass is 359 g/mol. The number of rotatable bonds is 2. The van der Waals surface area contributed by atoms with Gasteiger partial charge in [-0.1, -0.05) is 11.6 Å². The van der Waals surface area contributed by atoms with Crippen molar-refractivity contribution in [1.82, 2.24) is 15.5 Å². The van der Waals surface area contributed by atoms with E-state index in [-0.39, 0.29) is 11.8 Å². The molecule has 108 valence electrons. The minimum Gasteiger partial charge on any atom is -0.357 e. The van der Waals surface area contributed by atoms with Crippen LogP contribution in [-0.4, -0.2) is 49.4 Å². The summed E-state index contributed by atoms with van der Waals surface area (Å²) >= 11 is 9.23. The van der Waals surface area contributed by atoms with Crippen LogP contribution in [0.3, 0.4) is 0 Å². The average molecular weight is 361 g/mol. The summed E-state index contributed by atoms with van der Waals surface area (Å²) in [4.78, 5) is 26.0. The molecule has 1 unspecified atom stereocenters. The highest BCUT2D eigenvalue weighted by Crippen LogP contribution is 2.24. The van der Waals surface area contributed by atoms with Gasteiger partial charge in [0.2, 0.25) is 5.91 Å². The molecule has 1 heterocycles. The highest BCUT2D eigenvalue weighted by molar-refractivity contribution is 9.10. The number of amides is 2. The third kappa shape index (κ3) is 3.13. The van der Waals surface area contributed by atoms with Crippen LogP contribution in [0.1, 0.15) is 10.4 Å². The molecule has 2 amide bonds. The molecule has 1 aliphatic rings. The molecule has 1 fully saturated rings. The number of nitrogens with one attached hydrogen (secondary N) is 2. The Morgan fingerprint density at radius 3 is 2.90 bits per heavy atom. The molecule has 0 aromatic heterocycles. The van der Waals surface area contributed by atoms with Gasteiger partial charge in [0.1, 0.15) is 6.04 Å². The van der Waals surface area contributed by atoms with Crippen LogP contribution in [-0.2, 0) is 4.79 Å².